The van der Waals surface area contributed by atoms with Crippen LogP contribution in [-0.2, 0) is 21.9 Å². The Morgan fingerprint density at radius 1 is 1.16 bits per heavy atom. The minimum atomic E-state index is -3.98. The second kappa shape index (κ2) is 16.8. The van der Waals surface area contributed by atoms with E-state index in [2.05, 4.69) is 47.6 Å². The van der Waals surface area contributed by atoms with E-state index in [4.69, 9.17) is 4.74 Å². The quantitative estimate of drug-likeness (QED) is 0.117. The smallest absolute Gasteiger partial charge is 0.329 e. The highest BCUT2D eigenvalue weighted by atomic mass is 32.2. The standard InChI is InChI=1S/C40H50FN11O5S/c1-7-9-30(23-53)52-33-11-10-28(19-34(33)49(6)40(52)54)27-12-16-50(17-13-27)15-8-14-48(5)58(55,56)31-18-26(4)35(32(41)20-31)45-39-46-38-37(57-25(2)3)36(29-21-43-44-22-29)42-24-51(38)47-39/h10-11,18-25,27,30H,7-9,12-17H2,1-6H3,(H,43,44)(H,45,47). The number of nitrogens with zero attached hydrogens (tertiary/aromatic N) is 9. The molecule has 2 N–H and O–H groups in total. The van der Waals surface area contributed by atoms with Gasteiger partial charge in [-0.05, 0) is 107 Å². The highest BCUT2D eigenvalue weighted by molar-refractivity contribution is 7.89. The molecular formula is C40H50FN11O5S. The largest absolute Gasteiger partial charge is 0.485 e. The van der Waals surface area contributed by atoms with E-state index in [-0.39, 0.29) is 34.9 Å². The number of nitrogens with one attached hydrogen (secondary N) is 2. The number of sulfonamides is 1. The number of fused-ring (bicyclic) bond motifs is 2. The lowest BCUT2D eigenvalue weighted by atomic mass is 9.89. The fraction of sp³-hybridized carbons (Fsp3) is 0.450. The Labute approximate surface area is 336 Å². The van der Waals surface area contributed by atoms with Gasteiger partial charge in [0.05, 0.1) is 40.0 Å². The Morgan fingerprint density at radius 3 is 2.60 bits per heavy atom. The van der Waals surface area contributed by atoms with Gasteiger partial charge >= 0.3 is 5.69 Å². The molecule has 308 valence electrons. The van der Waals surface area contributed by atoms with Crippen LogP contribution in [0.2, 0.25) is 0 Å². The van der Waals surface area contributed by atoms with Crippen LogP contribution in [0.4, 0.5) is 16.0 Å². The number of carbonyl (C=O) groups excluding carboxylic acids is 1. The maximum Gasteiger partial charge on any atom is 0.329 e. The Morgan fingerprint density at radius 2 is 1.93 bits per heavy atom. The zero-order valence-electron chi connectivity index (χ0n) is 33.6. The van der Waals surface area contributed by atoms with E-state index in [1.165, 1.54) is 33.8 Å². The Kier molecular flexibility index (Phi) is 11.8. The molecule has 0 aliphatic carbocycles. The number of H-pyrrole nitrogens is 1. The molecule has 0 amide bonds. The van der Waals surface area contributed by atoms with Gasteiger partial charge in [0.1, 0.15) is 24.1 Å². The van der Waals surface area contributed by atoms with Crippen LogP contribution in [0.1, 0.15) is 76.0 Å². The van der Waals surface area contributed by atoms with Gasteiger partial charge in [0.25, 0.3) is 0 Å². The van der Waals surface area contributed by atoms with Crippen molar-refractivity contribution in [3.8, 4) is 17.0 Å². The summed E-state index contributed by atoms with van der Waals surface area (Å²) in [6.07, 6.45) is 9.34. The SMILES string of the molecule is CCCC(C=O)n1c(=O)n(C)c2cc(C3CCN(CCCN(C)S(=O)(=O)c4cc(C)c(Nc5nc6c(OC(C)C)c(-c7cn[nH]c7)ncn6n5)c(F)c4)CC3)ccc21. The Hall–Kier alpha value is -5.46. The average Bonchev–Trinajstić information content (AvgIpc) is 3.94. The second-order valence-electron chi connectivity index (χ2n) is 15.2. The Balaban J connectivity index is 0.960. The highest BCUT2D eigenvalue weighted by Gasteiger charge is 2.27. The molecule has 4 aromatic heterocycles. The van der Waals surface area contributed by atoms with Crippen LogP contribution in [0.3, 0.4) is 0 Å². The van der Waals surface area contributed by atoms with Gasteiger partial charge in [0.2, 0.25) is 21.6 Å². The molecule has 1 unspecified atom stereocenters. The van der Waals surface area contributed by atoms with Crippen molar-refractivity contribution >= 4 is 44.6 Å². The molecule has 1 saturated heterocycles. The minimum absolute atomic E-state index is 0.0520. The van der Waals surface area contributed by atoms with Gasteiger partial charge in [-0.25, -0.2) is 26.9 Å². The summed E-state index contributed by atoms with van der Waals surface area (Å²) in [6, 6.07) is 8.11. The number of aldehydes is 1. The van der Waals surface area contributed by atoms with E-state index in [9.17, 15) is 18.0 Å². The van der Waals surface area contributed by atoms with Gasteiger partial charge < -0.3 is 19.7 Å². The molecule has 1 aliphatic heterocycles. The third-order valence-electron chi connectivity index (χ3n) is 10.9. The molecule has 6 aromatic rings. The summed E-state index contributed by atoms with van der Waals surface area (Å²) in [5.41, 5.74) is 4.59. The minimum Gasteiger partial charge on any atom is -0.485 e. The summed E-state index contributed by atoms with van der Waals surface area (Å²) >= 11 is 0. The molecule has 0 saturated carbocycles. The molecule has 2 aromatic carbocycles. The van der Waals surface area contributed by atoms with E-state index in [1.54, 1.807) is 35.5 Å². The van der Waals surface area contributed by atoms with E-state index in [0.29, 0.717) is 47.0 Å². The van der Waals surface area contributed by atoms with E-state index in [0.717, 1.165) is 62.3 Å². The van der Waals surface area contributed by atoms with Gasteiger partial charge in [0, 0.05) is 32.4 Å². The molecule has 18 heteroatoms. The van der Waals surface area contributed by atoms with Crippen LogP contribution in [-0.4, -0.2) is 102 Å². The van der Waals surface area contributed by atoms with E-state index in [1.807, 2.05) is 26.8 Å². The molecule has 1 atom stereocenters. The Bertz CT molecular complexity index is 2570. The number of aryl methyl sites for hydroxylation is 2. The summed E-state index contributed by atoms with van der Waals surface area (Å²) < 4.78 is 54.9. The molecule has 5 heterocycles. The number of imidazole rings is 1. The summed E-state index contributed by atoms with van der Waals surface area (Å²) in [5, 5.41) is 14.1. The number of hydrogen-bond donors (Lipinski definition) is 2. The summed E-state index contributed by atoms with van der Waals surface area (Å²) in [7, 11) is -0.720. The number of ether oxygens (including phenoxy) is 1. The van der Waals surface area contributed by atoms with Gasteiger partial charge in [-0.1, -0.05) is 19.4 Å². The fourth-order valence-electron chi connectivity index (χ4n) is 7.77. The molecule has 0 spiro atoms. The monoisotopic (exact) mass is 815 g/mol. The number of rotatable bonds is 16. The van der Waals surface area contributed by atoms with Crippen LogP contribution in [0.15, 0.2) is 58.7 Å². The number of benzene rings is 2. The fourth-order valence-corrected chi connectivity index (χ4v) is 9.07. The number of hydrogen-bond acceptors (Lipinski definition) is 11. The number of halogens is 1. The third kappa shape index (κ3) is 8.00. The van der Waals surface area contributed by atoms with Gasteiger partial charge in [0.15, 0.2) is 5.75 Å². The lowest BCUT2D eigenvalue weighted by molar-refractivity contribution is -0.110. The first-order valence-corrected chi connectivity index (χ1v) is 21.1. The first-order chi connectivity index (χ1) is 27.8. The van der Waals surface area contributed by atoms with Crippen LogP contribution < -0.4 is 15.7 Å². The maximum atomic E-state index is 15.7. The van der Waals surface area contributed by atoms with Crippen LogP contribution in [0, 0.1) is 12.7 Å². The molecular weight excluding hydrogens is 766 g/mol. The molecule has 0 bridgehead atoms. The van der Waals surface area contributed by atoms with Crippen molar-refractivity contribution in [2.45, 2.75) is 82.8 Å². The lowest BCUT2D eigenvalue weighted by Gasteiger charge is -2.32. The van der Waals surface area contributed by atoms with Gasteiger partial charge in [-0.2, -0.15) is 14.6 Å². The zero-order valence-corrected chi connectivity index (χ0v) is 34.5. The van der Waals surface area contributed by atoms with Crippen molar-refractivity contribution in [3.63, 3.8) is 0 Å². The zero-order chi connectivity index (χ0) is 41.3. The first kappa shape index (κ1) is 40.7. The van der Waals surface area contributed by atoms with E-state index < -0.39 is 21.9 Å². The van der Waals surface area contributed by atoms with Crippen molar-refractivity contribution in [2.75, 3.05) is 38.5 Å². The van der Waals surface area contributed by atoms with Gasteiger partial charge in [-0.3, -0.25) is 14.2 Å². The van der Waals surface area contributed by atoms with Crippen molar-refractivity contribution < 1.29 is 22.3 Å². The van der Waals surface area contributed by atoms with Crippen LogP contribution in [0.5, 0.6) is 5.75 Å². The number of aromatic nitrogens is 8. The lowest BCUT2D eigenvalue weighted by Crippen LogP contribution is -2.36. The number of likely N-dealkylation sites (tertiary alicyclic amines) is 1. The van der Waals surface area contributed by atoms with E-state index >= 15 is 4.39 Å². The van der Waals surface area contributed by atoms with Gasteiger partial charge in [-0.15, -0.1) is 5.10 Å². The average molecular weight is 816 g/mol. The summed E-state index contributed by atoms with van der Waals surface area (Å²) in [4.78, 5) is 36.1. The predicted molar refractivity (Wildman–Crippen MR) is 219 cm³/mol. The number of carbonyl (C=O) groups is 1. The highest BCUT2D eigenvalue weighted by Crippen LogP contribution is 2.34. The summed E-state index contributed by atoms with van der Waals surface area (Å²) in [6.45, 7) is 10.1. The maximum absolute atomic E-state index is 15.7. The van der Waals surface area contributed by atoms with Crippen molar-refractivity contribution in [1.82, 2.24) is 48.1 Å². The van der Waals surface area contributed by atoms with Crippen molar-refractivity contribution in [2.24, 2.45) is 7.05 Å². The number of aromatic amines is 1. The molecule has 0 radical (unpaired) electrons. The number of piperidine rings is 1. The molecule has 1 fully saturated rings. The molecule has 58 heavy (non-hydrogen) atoms. The van der Waals surface area contributed by atoms with Crippen molar-refractivity contribution in [1.29, 1.82) is 0 Å². The first-order valence-electron chi connectivity index (χ1n) is 19.6. The third-order valence-corrected chi connectivity index (χ3v) is 12.7. The van der Waals surface area contributed by atoms with Crippen LogP contribution in [0.25, 0.3) is 27.9 Å². The molecule has 1 aliphatic rings. The van der Waals surface area contributed by atoms with Crippen molar-refractivity contribution in [3.05, 3.63) is 76.5 Å². The molecule has 16 nitrogen and oxygen atoms in total. The normalized spacial score (nSPS) is 14.9. The predicted octanol–water partition coefficient (Wildman–Crippen LogP) is 5.58. The number of anilines is 2. The molecule has 7 rings (SSSR count). The van der Waals surface area contributed by atoms with Crippen LogP contribution >= 0.6 is 0 Å². The topological polar surface area (TPSA) is 178 Å². The second-order valence-corrected chi connectivity index (χ2v) is 17.3. The summed E-state index contributed by atoms with van der Waals surface area (Å²) in [5.74, 6) is 0.0365.